The third-order valence-corrected chi connectivity index (χ3v) is 8.95. The molecule has 2 heterocycles. The molecule has 0 atom stereocenters. The van der Waals surface area contributed by atoms with E-state index in [1.807, 2.05) is 36.4 Å². The topological polar surface area (TPSA) is 80.0 Å². The van der Waals surface area contributed by atoms with E-state index in [0.29, 0.717) is 27.1 Å². The lowest BCUT2D eigenvalue weighted by atomic mass is 10.1. The molecular weight excluding hydrogens is 725 g/mol. The Kier molecular flexibility index (Phi) is 20.3. The van der Waals surface area contributed by atoms with Crippen LogP contribution < -0.4 is 16.0 Å². The lowest BCUT2D eigenvalue weighted by molar-refractivity contribution is 0.101. The second-order valence-electron chi connectivity index (χ2n) is 12.1. The van der Waals surface area contributed by atoms with Crippen molar-refractivity contribution >= 4 is 78.8 Å². The monoisotopic (exact) mass is 769 g/mol. The van der Waals surface area contributed by atoms with E-state index in [4.69, 9.17) is 34.8 Å². The van der Waals surface area contributed by atoms with Gasteiger partial charge in [-0.1, -0.05) is 47.5 Å². The molecule has 271 valence electrons. The molecule has 4 aromatic carbocycles. The van der Waals surface area contributed by atoms with Crippen LogP contribution in [0.3, 0.4) is 0 Å². The van der Waals surface area contributed by atoms with Gasteiger partial charge in [0.2, 0.25) is 0 Å². The van der Waals surface area contributed by atoms with Crippen molar-refractivity contribution < 1.29 is 9.59 Å². The lowest BCUT2D eigenvalue weighted by Crippen LogP contribution is -2.43. The molecule has 4 aromatic rings. The minimum absolute atomic E-state index is 0. The standard InChI is InChI=1S/C19H22ClN3O.C14H11Cl2NO.C5H12N2.B.ClH/c1-22-10-12-23(13-11-22)14-15-2-8-18(9-3-15)21-19(24)16-4-6-17(20)7-5-16;15-9-10-1-7-13(8-2-10)17-14(18)11-3-5-12(16)6-4-11;1-7-4-2-6-3-5-7;;/h2-9H,10-14H2,1H3,(H,21,24);1-8H,9H2,(H,17,18);6H,2-5H2,1H3;;1H. The molecule has 3 N–H and O–H groups in total. The van der Waals surface area contributed by atoms with Crippen molar-refractivity contribution in [2.75, 3.05) is 77.1 Å². The van der Waals surface area contributed by atoms with Crippen LogP contribution in [-0.2, 0) is 12.4 Å². The fraction of sp³-hybridized carbons (Fsp3) is 0.316. The van der Waals surface area contributed by atoms with Crippen LogP contribution in [0.15, 0.2) is 97.1 Å². The summed E-state index contributed by atoms with van der Waals surface area (Å²) < 4.78 is 0. The van der Waals surface area contributed by atoms with E-state index in [1.165, 1.54) is 18.7 Å². The van der Waals surface area contributed by atoms with Crippen molar-refractivity contribution in [3.63, 3.8) is 0 Å². The molecule has 0 saturated carbocycles. The van der Waals surface area contributed by atoms with E-state index < -0.39 is 0 Å². The van der Waals surface area contributed by atoms with Crippen molar-refractivity contribution in [2.45, 2.75) is 12.4 Å². The SMILES string of the molecule is CN1CCN(Cc2ccc(NC(=O)c3ccc(Cl)cc3)cc2)CC1.CN1CCNCC1.Cl.O=C(Nc1ccc(CCl)cc1)c1ccc(Cl)cc1.[B]. The quantitative estimate of drug-likeness (QED) is 0.136. The zero-order valence-electron chi connectivity index (χ0n) is 29.1. The third kappa shape index (κ3) is 16.0. The molecule has 0 aromatic heterocycles. The number of halogens is 4. The summed E-state index contributed by atoms with van der Waals surface area (Å²) in [7, 11) is 4.32. The normalized spacial score (nSPS) is 14.6. The van der Waals surface area contributed by atoms with Gasteiger partial charge in [0.1, 0.15) is 0 Å². The molecule has 3 radical (unpaired) electrons. The molecule has 2 aliphatic rings. The maximum atomic E-state index is 12.2. The van der Waals surface area contributed by atoms with Gasteiger partial charge >= 0.3 is 0 Å². The van der Waals surface area contributed by atoms with Crippen molar-refractivity contribution in [1.82, 2.24) is 20.0 Å². The number of carbonyl (C=O) groups is 2. The van der Waals surface area contributed by atoms with E-state index in [0.717, 1.165) is 62.8 Å². The number of benzene rings is 4. The summed E-state index contributed by atoms with van der Waals surface area (Å²) in [5, 5.41) is 10.2. The molecule has 2 fully saturated rings. The number of hydrogen-bond donors (Lipinski definition) is 3. The first-order valence-electron chi connectivity index (χ1n) is 16.4. The molecular formula is C38H46BCl4N6O2. The number of rotatable bonds is 7. The van der Waals surface area contributed by atoms with Gasteiger partial charge in [0.05, 0.1) is 0 Å². The molecule has 8 nitrogen and oxygen atoms in total. The Labute approximate surface area is 325 Å². The minimum atomic E-state index is -0.162. The summed E-state index contributed by atoms with van der Waals surface area (Å²) in [5.74, 6) is 0.176. The van der Waals surface area contributed by atoms with Gasteiger partial charge in [0, 0.05) is 106 Å². The van der Waals surface area contributed by atoms with Gasteiger partial charge in [-0.25, -0.2) is 0 Å². The Hall–Kier alpha value is -3.12. The summed E-state index contributed by atoms with van der Waals surface area (Å²) in [6.07, 6.45) is 0. The second kappa shape index (κ2) is 23.4. The number of amides is 2. The van der Waals surface area contributed by atoms with Crippen LogP contribution in [0.25, 0.3) is 0 Å². The number of likely N-dealkylation sites (N-methyl/N-ethyl adjacent to an activating group) is 2. The van der Waals surface area contributed by atoms with E-state index in [2.05, 4.69) is 56.9 Å². The maximum absolute atomic E-state index is 12.2. The highest BCUT2D eigenvalue weighted by Gasteiger charge is 2.14. The fourth-order valence-corrected chi connectivity index (χ4v) is 5.45. The van der Waals surface area contributed by atoms with Gasteiger partial charge in [-0.3, -0.25) is 14.5 Å². The second-order valence-corrected chi connectivity index (χ2v) is 13.2. The third-order valence-electron chi connectivity index (χ3n) is 8.13. The molecule has 2 aliphatic heterocycles. The van der Waals surface area contributed by atoms with Crippen LogP contribution >= 0.6 is 47.2 Å². The molecule has 13 heteroatoms. The minimum Gasteiger partial charge on any atom is -0.322 e. The Balaban J connectivity index is 0.000000294. The number of nitrogens with zero attached hydrogens (tertiary/aromatic N) is 3. The molecule has 0 spiro atoms. The zero-order valence-corrected chi connectivity index (χ0v) is 32.2. The number of anilines is 2. The van der Waals surface area contributed by atoms with Gasteiger partial charge < -0.3 is 25.8 Å². The number of piperazine rings is 2. The average Bonchev–Trinajstić information content (AvgIpc) is 3.12. The summed E-state index contributed by atoms with van der Waals surface area (Å²) in [6, 6.07) is 29.1. The Morgan fingerprint density at radius 3 is 1.37 bits per heavy atom. The van der Waals surface area contributed by atoms with Crippen molar-refractivity contribution in [3.05, 3.63) is 129 Å². The Morgan fingerprint density at radius 2 is 1.00 bits per heavy atom. The molecule has 0 bridgehead atoms. The lowest BCUT2D eigenvalue weighted by Gasteiger charge is -2.32. The van der Waals surface area contributed by atoms with Gasteiger partial charge in [0.25, 0.3) is 11.8 Å². The van der Waals surface area contributed by atoms with Crippen molar-refractivity contribution in [2.24, 2.45) is 0 Å². The van der Waals surface area contributed by atoms with Crippen LogP contribution in [-0.4, -0.2) is 101 Å². The zero-order chi connectivity index (χ0) is 35.0. The molecule has 0 aliphatic carbocycles. The van der Waals surface area contributed by atoms with Gasteiger partial charge in [-0.2, -0.15) is 0 Å². The van der Waals surface area contributed by atoms with Crippen LogP contribution in [0.5, 0.6) is 0 Å². The van der Waals surface area contributed by atoms with E-state index in [-0.39, 0.29) is 32.6 Å². The van der Waals surface area contributed by atoms with Gasteiger partial charge in [0.15, 0.2) is 0 Å². The predicted molar refractivity (Wildman–Crippen MR) is 217 cm³/mol. The Morgan fingerprint density at radius 1 is 0.608 bits per heavy atom. The van der Waals surface area contributed by atoms with Gasteiger partial charge in [-0.05, 0) is 98.0 Å². The number of hydrogen-bond acceptors (Lipinski definition) is 6. The summed E-state index contributed by atoms with van der Waals surface area (Å²) >= 11 is 17.3. The first-order valence-corrected chi connectivity index (χ1v) is 17.7. The Bertz CT molecular complexity index is 1580. The van der Waals surface area contributed by atoms with Crippen LogP contribution in [0, 0.1) is 0 Å². The van der Waals surface area contributed by atoms with E-state index in [1.54, 1.807) is 48.5 Å². The molecule has 51 heavy (non-hydrogen) atoms. The highest BCUT2D eigenvalue weighted by atomic mass is 35.5. The molecule has 0 unspecified atom stereocenters. The highest BCUT2D eigenvalue weighted by molar-refractivity contribution is 6.31. The van der Waals surface area contributed by atoms with E-state index in [9.17, 15) is 9.59 Å². The van der Waals surface area contributed by atoms with E-state index >= 15 is 0 Å². The molecule has 6 rings (SSSR count). The summed E-state index contributed by atoms with van der Waals surface area (Å²) in [6.45, 7) is 10.1. The first-order chi connectivity index (χ1) is 23.7. The average molecular weight is 771 g/mol. The van der Waals surface area contributed by atoms with Crippen molar-refractivity contribution in [3.8, 4) is 0 Å². The van der Waals surface area contributed by atoms with Crippen molar-refractivity contribution in [1.29, 1.82) is 0 Å². The smallest absolute Gasteiger partial charge is 0.255 e. The number of alkyl halides is 1. The summed E-state index contributed by atoms with van der Waals surface area (Å²) in [5.41, 5.74) is 4.99. The molecule has 2 amide bonds. The van der Waals surface area contributed by atoms with Crippen LogP contribution in [0.4, 0.5) is 11.4 Å². The first kappa shape index (κ1) is 44.0. The fourth-order valence-electron chi connectivity index (χ4n) is 5.02. The van der Waals surface area contributed by atoms with Crippen LogP contribution in [0.2, 0.25) is 10.0 Å². The highest BCUT2D eigenvalue weighted by Crippen LogP contribution is 2.16. The largest absolute Gasteiger partial charge is 0.322 e. The number of carbonyl (C=O) groups excluding carboxylic acids is 2. The maximum Gasteiger partial charge on any atom is 0.255 e. The predicted octanol–water partition coefficient (Wildman–Crippen LogP) is 7.23. The van der Waals surface area contributed by atoms with Crippen LogP contribution in [0.1, 0.15) is 31.8 Å². The summed E-state index contributed by atoms with van der Waals surface area (Å²) in [4.78, 5) is 31.2. The molecule has 2 saturated heterocycles. The van der Waals surface area contributed by atoms with Gasteiger partial charge in [-0.15, -0.1) is 24.0 Å². The number of nitrogens with one attached hydrogen (secondary N) is 3.